The summed E-state index contributed by atoms with van der Waals surface area (Å²) in [5, 5.41) is 7.67. The molecule has 1 N–H and O–H groups in total. The molecule has 0 unspecified atom stereocenters. The van der Waals surface area contributed by atoms with Crippen LogP contribution in [0.3, 0.4) is 0 Å². The van der Waals surface area contributed by atoms with Crippen molar-refractivity contribution in [1.29, 1.82) is 0 Å². The first kappa shape index (κ1) is 21.1. The Morgan fingerprint density at radius 2 is 1.55 bits per heavy atom. The number of benzene rings is 2. The summed E-state index contributed by atoms with van der Waals surface area (Å²) in [7, 11) is 0. The molecule has 3 aromatic rings. The number of carbonyl (C=O) groups excluding carboxylic acids is 1. The van der Waals surface area contributed by atoms with Gasteiger partial charge in [-0.1, -0.05) is 17.7 Å². The van der Waals surface area contributed by atoms with E-state index in [-0.39, 0.29) is 11.7 Å². The zero-order valence-corrected chi connectivity index (χ0v) is 18.2. The summed E-state index contributed by atoms with van der Waals surface area (Å²) in [6.45, 7) is 9.45. The average Bonchev–Trinajstić information content (AvgIpc) is 3.04. The highest BCUT2D eigenvalue weighted by Gasteiger charge is 2.21. The molecule has 6 nitrogen and oxygen atoms in total. The normalized spacial score (nSPS) is 14.6. The van der Waals surface area contributed by atoms with Gasteiger partial charge in [-0.05, 0) is 57.2 Å². The maximum atomic E-state index is 13.1. The van der Waals surface area contributed by atoms with Gasteiger partial charge in [-0.2, -0.15) is 5.10 Å². The van der Waals surface area contributed by atoms with Crippen molar-refractivity contribution >= 4 is 17.3 Å². The minimum absolute atomic E-state index is 0.0371. The number of aryl methyl sites for hydroxylation is 2. The Morgan fingerprint density at radius 1 is 0.935 bits per heavy atom. The lowest BCUT2D eigenvalue weighted by atomic mass is 10.2. The van der Waals surface area contributed by atoms with E-state index >= 15 is 0 Å². The second-order valence-corrected chi connectivity index (χ2v) is 8.08. The van der Waals surface area contributed by atoms with E-state index in [1.807, 2.05) is 30.7 Å². The van der Waals surface area contributed by atoms with Gasteiger partial charge in [-0.3, -0.25) is 9.69 Å². The lowest BCUT2D eigenvalue weighted by molar-refractivity contribution is -0.117. The third-order valence-electron chi connectivity index (χ3n) is 5.77. The van der Waals surface area contributed by atoms with E-state index in [0.29, 0.717) is 6.54 Å². The number of anilines is 2. The fourth-order valence-corrected chi connectivity index (χ4v) is 3.96. The van der Waals surface area contributed by atoms with Crippen molar-refractivity contribution in [1.82, 2.24) is 14.7 Å². The molecule has 1 aromatic heterocycles. The van der Waals surface area contributed by atoms with Gasteiger partial charge in [-0.25, -0.2) is 9.07 Å². The van der Waals surface area contributed by atoms with E-state index in [1.165, 1.54) is 17.7 Å². The molecular formula is C24H28FN5O. The van der Waals surface area contributed by atoms with Crippen LogP contribution < -0.4 is 10.2 Å². The average molecular weight is 422 g/mol. The van der Waals surface area contributed by atoms with Crippen LogP contribution in [-0.4, -0.2) is 53.3 Å². The van der Waals surface area contributed by atoms with Crippen molar-refractivity contribution in [2.24, 2.45) is 0 Å². The van der Waals surface area contributed by atoms with E-state index in [2.05, 4.69) is 39.3 Å². The number of aromatic nitrogens is 2. The quantitative estimate of drug-likeness (QED) is 0.683. The Morgan fingerprint density at radius 3 is 2.19 bits per heavy atom. The van der Waals surface area contributed by atoms with Crippen LogP contribution >= 0.6 is 0 Å². The van der Waals surface area contributed by atoms with Crippen LogP contribution in [0.4, 0.5) is 15.8 Å². The molecule has 1 fully saturated rings. The largest absolute Gasteiger partial charge is 0.369 e. The van der Waals surface area contributed by atoms with Crippen LogP contribution in [0.5, 0.6) is 0 Å². The van der Waals surface area contributed by atoms with E-state index in [4.69, 9.17) is 0 Å². The summed E-state index contributed by atoms with van der Waals surface area (Å²) in [6, 6.07) is 14.7. The number of piperazine rings is 1. The Kier molecular flexibility index (Phi) is 6.04. The maximum absolute atomic E-state index is 13.1. The standard InChI is InChI=1S/C24H28FN5O/c1-17-4-8-22(9-5-17)30-19(3)24(18(2)27-30)26-23(31)16-28-12-14-29(15-13-28)21-10-6-20(25)7-11-21/h4-11H,12-16H2,1-3H3,(H,26,31). The Labute approximate surface area is 182 Å². The van der Waals surface area contributed by atoms with Crippen LogP contribution in [0.15, 0.2) is 48.5 Å². The first-order valence-corrected chi connectivity index (χ1v) is 10.6. The first-order valence-electron chi connectivity index (χ1n) is 10.6. The third kappa shape index (κ3) is 4.77. The van der Waals surface area contributed by atoms with Crippen LogP contribution in [0.2, 0.25) is 0 Å². The minimum atomic E-state index is -0.227. The van der Waals surface area contributed by atoms with Crippen molar-refractivity contribution < 1.29 is 9.18 Å². The van der Waals surface area contributed by atoms with Gasteiger partial charge in [-0.15, -0.1) is 0 Å². The lowest BCUT2D eigenvalue weighted by Crippen LogP contribution is -2.48. The summed E-state index contributed by atoms with van der Waals surface area (Å²) in [5.41, 5.74) is 5.67. The van der Waals surface area contributed by atoms with Gasteiger partial charge in [0.1, 0.15) is 5.82 Å². The van der Waals surface area contributed by atoms with Gasteiger partial charge in [0, 0.05) is 31.9 Å². The van der Waals surface area contributed by atoms with Crippen molar-refractivity contribution in [3.8, 4) is 5.69 Å². The molecule has 0 aliphatic carbocycles. The highest BCUT2D eigenvalue weighted by Crippen LogP contribution is 2.23. The second-order valence-electron chi connectivity index (χ2n) is 8.08. The topological polar surface area (TPSA) is 53.4 Å². The van der Waals surface area contributed by atoms with Crippen molar-refractivity contribution in [3.63, 3.8) is 0 Å². The Hall–Kier alpha value is -3.19. The summed E-state index contributed by atoms with van der Waals surface area (Å²) in [4.78, 5) is 17.1. The highest BCUT2D eigenvalue weighted by atomic mass is 19.1. The fraction of sp³-hybridized carbons (Fsp3) is 0.333. The Bertz CT molecular complexity index is 1050. The molecule has 4 rings (SSSR count). The molecule has 7 heteroatoms. The van der Waals surface area contributed by atoms with E-state index in [9.17, 15) is 9.18 Å². The number of rotatable bonds is 5. The summed E-state index contributed by atoms with van der Waals surface area (Å²) in [5.74, 6) is -0.264. The summed E-state index contributed by atoms with van der Waals surface area (Å²) >= 11 is 0. The van der Waals surface area contributed by atoms with E-state index in [0.717, 1.165) is 54.6 Å². The van der Waals surface area contributed by atoms with Crippen molar-refractivity contribution in [3.05, 3.63) is 71.3 Å². The number of hydrogen-bond donors (Lipinski definition) is 1. The summed E-state index contributed by atoms with van der Waals surface area (Å²) < 4.78 is 15.0. The minimum Gasteiger partial charge on any atom is -0.369 e. The van der Waals surface area contributed by atoms with E-state index in [1.54, 1.807) is 12.1 Å². The van der Waals surface area contributed by atoms with Gasteiger partial charge in [0.15, 0.2) is 0 Å². The molecule has 0 bridgehead atoms. The van der Waals surface area contributed by atoms with Crippen LogP contribution in [-0.2, 0) is 4.79 Å². The van der Waals surface area contributed by atoms with E-state index < -0.39 is 0 Å². The first-order chi connectivity index (χ1) is 14.9. The molecule has 0 atom stereocenters. The predicted molar refractivity (Wildman–Crippen MR) is 121 cm³/mol. The molecule has 0 saturated carbocycles. The van der Waals surface area contributed by atoms with Crippen molar-refractivity contribution in [2.75, 3.05) is 42.9 Å². The number of halogens is 1. The SMILES string of the molecule is Cc1ccc(-n2nc(C)c(NC(=O)CN3CCN(c4ccc(F)cc4)CC3)c2C)cc1. The van der Waals surface area contributed by atoms with Gasteiger partial charge in [0.25, 0.3) is 0 Å². The van der Waals surface area contributed by atoms with Gasteiger partial charge < -0.3 is 10.2 Å². The molecule has 2 aromatic carbocycles. The third-order valence-corrected chi connectivity index (χ3v) is 5.77. The van der Waals surface area contributed by atoms with Crippen molar-refractivity contribution in [2.45, 2.75) is 20.8 Å². The summed E-state index contributed by atoms with van der Waals surface area (Å²) in [6.07, 6.45) is 0. The number of hydrogen-bond acceptors (Lipinski definition) is 4. The molecule has 1 aliphatic rings. The molecule has 1 aliphatic heterocycles. The van der Waals surface area contributed by atoms with Crippen LogP contribution in [0.1, 0.15) is 17.0 Å². The fourth-order valence-electron chi connectivity index (χ4n) is 3.96. The zero-order chi connectivity index (χ0) is 22.0. The molecule has 1 saturated heterocycles. The number of nitrogens with zero attached hydrogens (tertiary/aromatic N) is 4. The smallest absolute Gasteiger partial charge is 0.238 e. The maximum Gasteiger partial charge on any atom is 0.238 e. The monoisotopic (exact) mass is 421 g/mol. The zero-order valence-electron chi connectivity index (χ0n) is 18.2. The molecule has 1 amide bonds. The number of amides is 1. The second kappa shape index (κ2) is 8.89. The molecular weight excluding hydrogens is 393 g/mol. The highest BCUT2D eigenvalue weighted by molar-refractivity contribution is 5.93. The van der Waals surface area contributed by atoms with Crippen LogP contribution in [0.25, 0.3) is 5.69 Å². The van der Waals surface area contributed by atoms with Gasteiger partial charge in [0.2, 0.25) is 5.91 Å². The lowest BCUT2D eigenvalue weighted by Gasteiger charge is -2.35. The molecule has 0 radical (unpaired) electrons. The van der Waals surface area contributed by atoms with Gasteiger partial charge >= 0.3 is 0 Å². The van der Waals surface area contributed by atoms with Gasteiger partial charge in [0.05, 0.1) is 29.3 Å². The molecule has 162 valence electrons. The Balaban J connectivity index is 1.35. The van der Waals surface area contributed by atoms with Crippen LogP contribution in [0, 0.1) is 26.6 Å². The number of carbonyl (C=O) groups is 1. The molecule has 0 spiro atoms. The number of nitrogens with one attached hydrogen (secondary N) is 1. The molecule has 31 heavy (non-hydrogen) atoms. The molecule has 2 heterocycles. The predicted octanol–water partition coefficient (Wildman–Crippen LogP) is 3.70.